The van der Waals surface area contributed by atoms with E-state index in [1.165, 1.54) is 0 Å². The van der Waals surface area contributed by atoms with Gasteiger partial charge in [-0.15, -0.1) is 0 Å². The van der Waals surface area contributed by atoms with Crippen molar-refractivity contribution in [2.24, 2.45) is 19.8 Å². The van der Waals surface area contributed by atoms with Crippen LogP contribution >= 0.6 is 11.6 Å². The highest BCUT2D eigenvalue weighted by Gasteiger charge is 2.18. The predicted octanol–water partition coefficient (Wildman–Crippen LogP) is 1.36. The molecule has 0 aliphatic heterocycles. The van der Waals surface area contributed by atoms with Gasteiger partial charge in [-0.05, 0) is 13.3 Å². The highest BCUT2D eigenvalue weighted by atomic mass is 35.5. The second-order valence-electron chi connectivity index (χ2n) is 4.19. The minimum atomic E-state index is -0.171. The Morgan fingerprint density at radius 2 is 2.18 bits per heavy atom. The Kier molecular flexibility index (Phi) is 3.22. The van der Waals surface area contributed by atoms with Gasteiger partial charge in [-0.25, -0.2) is 4.98 Å². The van der Waals surface area contributed by atoms with Gasteiger partial charge in [-0.2, -0.15) is 5.10 Å². The molecular formula is C11H16ClN5. The topological polar surface area (TPSA) is 61.7 Å². The van der Waals surface area contributed by atoms with E-state index in [9.17, 15) is 0 Å². The quantitative estimate of drug-likeness (QED) is 0.899. The summed E-state index contributed by atoms with van der Waals surface area (Å²) in [6, 6.07) is -0.171. The number of imidazole rings is 1. The Labute approximate surface area is 105 Å². The fraction of sp³-hybridized carbons (Fsp3) is 0.455. The molecule has 2 N–H and O–H groups in total. The molecule has 5 nitrogen and oxygen atoms in total. The van der Waals surface area contributed by atoms with Gasteiger partial charge in [0.1, 0.15) is 11.0 Å². The van der Waals surface area contributed by atoms with Crippen LogP contribution < -0.4 is 5.73 Å². The Hall–Kier alpha value is -1.33. The molecule has 2 aromatic heterocycles. The molecular weight excluding hydrogens is 238 g/mol. The van der Waals surface area contributed by atoms with Crippen molar-refractivity contribution in [3.05, 3.63) is 34.6 Å². The lowest BCUT2D eigenvalue weighted by Crippen LogP contribution is -2.18. The minimum absolute atomic E-state index is 0.171. The molecule has 0 spiro atoms. The Balaban J connectivity index is 2.24. The van der Waals surface area contributed by atoms with Crippen molar-refractivity contribution in [1.29, 1.82) is 0 Å². The van der Waals surface area contributed by atoms with Crippen LogP contribution in [0, 0.1) is 6.92 Å². The molecule has 1 unspecified atom stereocenters. The molecule has 6 heteroatoms. The molecule has 0 aromatic carbocycles. The first-order valence-electron chi connectivity index (χ1n) is 5.41. The average Bonchev–Trinajstić information content (AvgIpc) is 2.78. The van der Waals surface area contributed by atoms with Gasteiger partial charge in [0.2, 0.25) is 0 Å². The van der Waals surface area contributed by atoms with Crippen LogP contribution in [0.3, 0.4) is 0 Å². The predicted molar refractivity (Wildman–Crippen MR) is 66.8 cm³/mol. The zero-order chi connectivity index (χ0) is 12.6. The third kappa shape index (κ3) is 2.21. The first-order chi connectivity index (χ1) is 8.00. The zero-order valence-corrected chi connectivity index (χ0v) is 10.9. The van der Waals surface area contributed by atoms with Crippen LogP contribution in [0.15, 0.2) is 12.4 Å². The van der Waals surface area contributed by atoms with Crippen LogP contribution in [0.25, 0.3) is 0 Å². The van der Waals surface area contributed by atoms with Crippen molar-refractivity contribution in [3.63, 3.8) is 0 Å². The van der Waals surface area contributed by atoms with Crippen molar-refractivity contribution in [3.8, 4) is 0 Å². The summed E-state index contributed by atoms with van der Waals surface area (Å²) in [5, 5.41) is 4.91. The smallest absolute Gasteiger partial charge is 0.130 e. The fourth-order valence-corrected chi connectivity index (χ4v) is 2.20. The van der Waals surface area contributed by atoms with Gasteiger partial charge < -0.3 is 10.3 Å². The molecule has 0 fully saturated rings. The summed E-state index contributed by atoms with van der Waals surface area (Å²) in [6.07, 6.45) is 4.27. The molecule has 0 saturated carbocycles. The molecule has 1 atom stereocenters. The monoisotopic (exact) mass is 253 g/mol. The third-order valence-electron chi connectivity index (χ3n) is 2.88. The maximum atomic E-state index is 6.18. The number of hydrogen-bond acceptors (Lipinski definition) is 3. The average molecular weight is 254 g/mol. The Morgan fingerprint density at radius 1 is 1.47 bits per heavy atom. The van der Waals surface area contributed by atoms with Gasteiger partial charge in [0.05, 0.1) is 11.7 Å². The molecule has 2 aromatic rings. The zero-order valence-electron chi connectivity index (χ0n) is 10.2. The van der Waals surface area contributed by atoms with Crippen molar-refractivity contribution in [1.82, 2.24) is 19.3 Å². The summed E-state index contributed by atoms with van der Waals surface area (Å²) in [5.74, 6) is 0.851. The van der Waals surface area contributed by atoms with Crippen LogP contribution in [-0.2, 0) is 20.5 Å². The van der Waals surface area contributed by atoms with E-state index in [0.717, 1.165) is 17.1 Å². The number of hydrogen-bond donors (Lipinski definition) is 1. The number of halogens is 1. The van der Waals surface area contributed by atoms with Crippen LogP contribution in [0.1, 0.15) is 23.1 Å². The Morgan fingerprint density at radius 3 is 2.65 bits per heavy atom. The lowest BCUT2D eigenvalue weighted by atomic mass is 10.1. The van der Waals surface area contributed by atoms with E-state index in [-0.39, 0.29) is 6.04 Å². The third-order valence-corrected chi connectivity index (χ3v) is 3.36. The summed E-state index contributed by atoms with van der Waals surface area (Å²) in [4.78, 5) is 4.25. The van der Waals surface area contributed by atoms with Crippen molar-refractivity contribution in [2.45, 2.75) is 19.4 Å². The summed E-state index contributed by atoms with van der Waals surface area (Å²) in [7, 11) is 3.75. The summed E-state index contributed by atoms with van der Waals surface area (Å²) in [6.45, 7) is 1.94. The normalized spacial score (nSPS) is 13.0. The van der Waals surface area contributed by atoms with Gasteiger partial charge in [0.15, 0.2) is 0 Å². The summed E-state index contributed by atoms with van der Waals surface area (Å²) < 4.78 is 3.58. The molecule has 2 rings (SSSR count). The van der Waals surface area contributed by atoms with Gasteiger partial charge in [0.25, 0.3) is 0 Å². The van der Waals surface area contributed by atoms with Crippen molar-refractivity contribution < 1.29 is 0 Å². The van der Waals surface area contributed by atoms with Crippen LogP contribution in [0.2, 0.25) is 5.15 Å². The first-order valence-corrected chi connectivity index (χ1v) is 5.79. The molecule has 2 heterocycles. The van der Waals surface area contributed by atoms with E-state index in [4.69, 9.17) is 17.3 Å². The van der Waals surface area contributed by atoms with E-state index >= 15 is 0 Å². The van der Waals surface area contributed by atoms with Crippen molar-refractivity contribution in [2.75, 3.05) is 0 Å². The maximum Gasteiger partial charge on any atom is 0.130 e. The van der Waals surface area contributed by atoms with E-state index in [1.807, 2.05) is 31.8 Å². The second kappa shape index (κ2) is 4.50. The van der Waals surface area contributed by atoms with Gasteiger partial charge in [-0.1, -0.05) is 11.6 Å². The maximum absolute atomic E-state index is 6.18. The highest BCUT2D eigenvalue weighted by molar-refractivity contribution is 6.30. The largest absolute Gasteiger partial charge is 0.337 e. The lowest BCUT2D eigenvalue weighted by Gasteiger charge is -2.11. The first kappa shape index (κ1) is 12.1. The number of nitrogens with two attached hydrogens (primary N) is 1. The van der Waals surface area contributed by atoms with Gasteiger partial charge in [0, 0.05) is 32.1 Å². The molecule has 92 valence electrons. The fourth-order valence-electron chi connectivity index (χ4n) is 1.95. The lowest BCUT2D eigenvalue weighted by molar-refractivity contribution is 0.630. The number of rotatable bonds is 3. The van der Waals surface area contributed by atoms with Crippen molar-refractivity contribution >= 4 is 11.6 Å². The molecule has 0 amide bonds. The van der Waals surface area contributed by atoms with E-state index in [2.05, 4.69) is 10.1 Å². The molecule has 0 aliphatic carbocycles. The summed E-state index contributed by atoms with van der Waals surface area (Å²) in [5.41, 5.74) is 8.05. The minimum Gasteiger partial charge on any atom is -0.337 e. The van der Waals surface area contributed by atoms with E-state index in [0.29, 0.717) is 11.6 Å². The highest BCUT2D eigenvalue weighted by Crippen LogP contribution is 2.23. The number of nitrogens with zero attached hydrogens (tertiary/aromatic N) is 4. The van der Waals surface area contributed by atoms with E-state index < -0.39 is 0 Å². The summed E-state index contributed by atoms with van der Waals surface area (Å²) >= 11 is 6.18. The van der Waals surface area contributed by atoms with Crippen LogP contribution in [-0.4, -0.2) is 19.3 Å². The Bertz CT molecular complexity index is 528. The number of aromatic nitrogens is 4. The van der Waals surface area contributed by atoms with Crippen LogP contribution in [0.4, 0.5) is 0 Å². The molecule has 17 heavy (non-hydrogen) atoms. The molecule has 0 radical (unpaired) electrons. The van der Waals surface area contributed by atoms with Crippen LogP contribution in [0.5, 0.6) is 0 Å². The van der Waals surface area contributed by atoms with Gasteiger partial charge >= 0.3 is 0 Å². The van der Waals surface area contributed by atoms with Gasteiger partial charge in [-0.3, -0.25) is 4.68 Å². The number of aryl methyl sites for hydroxylation is 3. The molecule has 0 saturated heterocycles. The SMILES string of the molecule is Cc1nn(C)c(Cl)c1CC(N)c1nccn1C. The van der Waals surface area contributed by atoms with E-state index in [1.54, 1.807) is 10.9 Å². The second-order valence-corrected chi connectivity index (χ2v) is 4.54. The standard InChI is InChI=1S/C11H16ClN5/c1-7-8(10(12)17(3)15-7)6-9(13)11-14-4-5-16(11)2/h4-5,9H,6,13H2,1-3H3. The molecule has 0 bridgehead atoms. The molecule has 0 aliphatic rings.